The highest BCUT2D eigenvalue weighted by atomic mass is 32.2. The first-order chi connectivity index (χ1) is 18.7. The van der Waals surface area contributed by atoms with Gasteiger partial charge in [0.25, 0.3) is 5.91 Å². The third kappa shape index (κ3) is 4.11. The summed E-state index contributed by atoms with van der Waals surface area (Å²) in [4.78, 5) is 47.5. The van der Waals surface area contributed by atoms with Crippen molar-refractivity contribution in [3.8, 4) is 0 Å². The van der Waals surface area contributed by atoms with Crippen molar-refractivity contribution in [2.24, 2.45) is 17.8 Å². The van der Waals surface area contributed by atoms with Crippen LogP contribution in [0.15, 0.2) is 67.8 Å². The van der Waals surface area contributed by atoms with Crippen molar-refractivity contribution >= 4 is 45.9 Å². The van der Waals surface area contributed by atoms with E-state index in [1.54, 1.807) is 52.6 Å². The van der Waals surface area contributed by atoms with Crippen molar-refractivity contribution in [2.45, 2.75) is 42.3 Å². The van der Waals surface area contributed by atoms with Gasteiger partial charge in [-0.2, -0.15) is 0 Å². The fourth-order valence-corrected chi connectivity index (χ4v) is 9.46. The Morgan fingerprint density at radius 1 is 1.15 bits per heavy atom. The van der Waals surface area contributed by atoms with Gasteiger partial charge in [-0.25, -0.2) is 0 Å². The molecule has 0 aliphatic carbocycles. The van der Waals surface area contributed by atoms with Gasteiger partial charge in [-0.3, -0.25) is 14.4 Å². The van der Waals surface area contributed by atoms with Crippen LogP contribution in [0.25, 0.3) is 10.8 Å². The van der Waals surface area contributed by atoms with Crippen LogP contribution in [-0.2, 0) is 14.4 Å². The molecule has 3 fully saturated rings. The lowest BCUT2D eigenvalue weighted by Gasteiger charge is -2.41. The van der Waals surface area contributed by atoms with Crippen LogP contribution in [0.3, 0.4) is 0 Å². The minimum absolute atomic E-state index is 0.0379. The zero-order valence-electron chi connectivity index (χ0n) is 22.8. The van der Waals surface area contributed by atoms with E-state index in [0.29, 0.717) is 6.54 Å². The SMILES string of the molecule is C=CCN(C)C(=O)[C@@H]1[C@H]2C(=O)N([C@H](C)CO)C(C(=O)N(CC=C)c3ccc4ccccc4c3)C23S[C@@H]1CC3C. The molecule has 3 amide bonds. The van der Waals surface area contributed by atoms with Crippen molar-refractivity contribution in [1.29, 1.82) is 0 Å². The van der Waals surface area contributed by atoms with Gasteiger partial charge in [0.05, 0.1) is 29.2 Å². The molecule has 8 heteroatoms. The maximum atomic E-state index is 14.7. The van der Waals surface area contributed by atoms with Crippen LogP contribution in [0.5, 0.6) is 0 Å². The Bertz CT molecular complexity index is 1330. The third-order valence-electron chi connectivity index (χ3n) is 8.84. The summed E-state index contributed by atoms with van der Waals surface area (Å²) < 4.78 is -0.756. The molecule has 3 heterocycles. The number of carbonyl (C=O) groups is 3. The minimum atomic E-state index is -0.809. The minimum Gasteiger partial charge on any atom is -0.394 e. The third-order valence-corrected chi connectivity index (χ3v) is 10.9. The molecule has 2 bridgehead atoms. The quantitative estimate of drug-likeness (QED) is 0.484. The van der Waals surface area contributed by atoms with Gasteiger partial charge < -0.3 is 19.8 Å². The molecule has 7 atom stereocenters. The molecule has 206 valence electrons. The number of hydrogen-bond donors (Lipinski definition) is 1. The van der Waals surface area contributed by atoms with Crippen molar-refractivity contribution in [1.82, 2.24) is 9.80 Å². The van der Waals surface area contributed by atoms with Crippen LogP contribution < -0.4 is 4.90 Å². The second-order valence-electron chi connectivity index (χ2n) is 11.1. The number of thioether (sulfide) groups is 1. The number of rotatable bonds is 9. The van der Waals surface area contributed by atoms with Crippen molar-refractivity contribution < 1.29 is 19.5 Å². The summed E-state index contributed by atoms with van der Waals surface area (Å²) in [6, 6.07) is 12.5. The molecular weight excluding hydrogens is 510 g/mol. The van der Waals surface area contributed by atoms with Crippen molar-refractivity contribution in [3.05, 3.63) is 67.8 Å². The highest BCUT2D eigenvalue weighted by Crippen LogP contribution is 2.69. The maximum absolute atomic E-state index is 14.7. The van der Waals surface area contributed by atoms with E-state index in [1.165, 1.54) is 0 Å². The molecule has 3 aliphatic rings. The lowest BCUT2D eigenvalue weighted by atomic mass is 9.65. The van der Waals surface area contributed by atoms with Crippen LogP contribution in [0.1, 0.15) is 20.3 Å². The Balaban J connectivity index is 1.61. The van der Waals surface area contributed by atoms with E-state index in [9.17, 15) is 19.5 Å². The number of fused-ring (bicyclic) bond motifs is 2. The van der Waals surface area contributed by atoms with E-state index in [0.717, 1.165) is 22.9 Å². The van der Waals surface area contributed by atoms with Gasteiger partial charge in [-0.05, 0) is 42.2 Å². The molecule has 0 radical (unpaired) electrons. The van der Waals surface area contributed by atoms with Gasteiger partial charge in [0, 0.05) is 31.1 Å². The van der Waals surface area contributed by atoms with E-state index in [-0.39, 0.29) is 42.0 Å². The smallest absolute Gasteiger partial charge is 0.251 e. The Labute approximate surface area is 234 Å². The van der Waals surface area contributed by atoms with Crippen LogP contribution in [0.4, 0.5) is 5.69 Å². The molecule has 39 heavy (non-hydrogen) atoms. The molecule has 1 N–H and O–H groups in total. The molecule has 1 spiro atoms. The lowest BCUT2D eigenvalue weighted by molar-refractivity contribution is -0.144. The highest BCUT2D eigenvalue weighted by molar-refractivity contribution is 8.02. The number of benzene rings is 2. The molecule has 5 rings (SSSR count). The summed E-state index contributed by atoms with van der Waals surface area (Å²) in [7, 11) is 1.73. The molecular formula is C31H37N3O4S. The summed E-state index contributed by atoms with van der Waals surface area (Å²) in [6.07, 6.45) is 4.13. The summed E-state index contributed by atoms with van der Waals surface area (Å²) in [6.45, 7) is 11.9. The van der Waals surface area contributed by atoms with Gasteiger partial charge in [-0.1, -0.05) is 49.4 Å². The zero-order valence-corrected chi connectivity index (χ0v) is 23.6. The van der Waals surface area contributed by atoms with E-state index in [4.69, 9.17) is 0 Å². The fraction of sp³-hybridized carbons (Fsp3) is 0.452. The normalized spacial score (nSPS) is 29.8. The standard InChI is InChI=1S/C31H37N3O4S/c1-6-14-32(5)28(36)25-24-16-19(3)31(39-24)26(25)29(37)34(20(4)18-35)27(31)30(38)33(15-7-2)23-13-12-21-10-8-9-11-22(21)17-23/h6-13,17,19-20,24-27,35H,1-2,14-16,18H2,3-5H3/t19?,20-,24-,25+,26+,27?,31?/m1/s1. The molecule has 0 saturated carbocycles. The molecule has 0 aromatic heterocycles. The molecule has 3 aliphatic heterocycles. The summed E-state index contributed by atoms with van der Waals surface area (Å²) in [5.41, 5.74) is 0.728. The Morgan fingerprint density at radius 2 is 1.85 bits per heavy atom. The number of aliphatic hydroxyl groups excluding tert-OH is 1. The van der Waals surface area contributed by atoms with Gasteiger partial charge in [-0.15, -0.1) is 24.9 Å². The van der Waals surface area contributed by atoms with Gasteiger partial charge in [0.1, 0.15) is 6.04 Å². The lowest BCUT2D eigenvalue weighted by Crippen LogP contribution is -2.59. The fourth-order valence-electron chi connectivity index (χ4n) is 7.07. The first kappa shape index (κ1) is 27.5. The van der Waals surface area contributed by atoms with Crippen LogP contribution >= 0.6 is 11.8 Å². The van der Waals surface area contributed by atoms with Gasteiger partial charge >= 0.3 is 0 Å². The predicted octanol–water partition coefficient (Wildman–Crippen LogP) is 3.72. The highest BCUT2D eigenvalue weighted by Gasteiger charge is 2.76. The average molecular weight is 548 g/mol. The van der Waals surface area contributed by atoms with Gasteiger partial charge in [0.15, 0.2) is 0 Å². The Kier molecular flexibility index (Phi) is 7.37. The number of hydrogen-bond acceptors (Lipinski definition) is 5. The molecule has 2 aromatic rings. The van der Waals surface area contributed by atoms with E-state index in [1.807, 2.05) is 42.5 Å². The largest absolute Gasteiger partial charge is 0.394 e. The van der Waals surface area contributed by atoms with Crippen LogP contribution in [-0.4, -0.2) is 81.5 Å². The van der Waals surface area contributed by atoms with Crippen LogP contribution in [0, 0.1) is 17.8 Å². The number of nitrogens with zero attached hydrogens (tertiary/aromatic N) is 3. The topological polar surface area (TPSA) is 81.2 Å². The Morgan fingerprint density at radius 3 is 2.51 bits per heavy atom. The summed E-state index contributed by atoms with van der Waals surface area (Å²) in [5, 5.41) is 12.2. The van der Waals surface area contributed by atoms with Gasteiger partial charge in [0.2, 0.25) is 11.8 Å². The number of anilines is 1. The molecule has 7 nitrogen and oxygen atoms in total. The molecule has 2 aromatic carbocycles. The van der Waals surface area contributed by atoms with Crippen LogP contribution in [0.2, 0.25) is 0 Å². The number of amides is 3. The maximum Gasteiger partial charge on any atom is 0.251 e. The Hall–Kier alpha value is -3.10. The summed E-state index contributed by atoms with van der Waals surface area (Å²) in [5.74, 6) is -1.58. The summed E-state index contributed by atoms with van der Waals surface area (Å²) >= 11 is 1.64. The van der Waals surface area contributed by atoms with Crippen molar-refractivity contribution in [2.75, 3.05) is 31.6 Å². The second-order valence-corrected chi connectivity index (χ2v) is 12.7. The van der Waals surface area contributed by atoms with E-state index < -0.39 is 28.7 Å². The first-order valence-corrected chi connectivity index (χ1v) is 14.5. The average Bonchev–Trinajstić information content (AvgIpc) is 3.54. The van der Waals surface area contributed by atoms with E-state index >= 15 is 0 Å². The number of likely N-dealkylation sites (N-methyl/N-ethyl adjacent to an activating group) is 1. The van der Waals surface area contributed by atoms with E-state index in [2.05, 4.69) is 20.1 Å². The molecule has 3 unspecified atom stereocenters. The number of aliphatic hydroxyl groups is 1. The van der Waals surface area contributed by atoms with Crippen molar-refractivity contribution in [3.63, 3.8) is 0 Å². The number of likely N-dealkylation sites (tertiary alicyclic amines) is 1. The zero-order chi connectivity index (χ0) is 28.1. The second kappa shape index (κ2) is 10.5. The first-order valence-electron chi connectivity index (χ1n) is 13.6. The predicted molar refractivity (Wildman–Crippen MR) is 156 cm³/mol. The molecule has 3 saturated heterocycles. The number of carbonyl (C=O) groups excluding carboxylic acids is 3. The monoisotopic (exact) mass is 547 g/mol.